The van der Waals surface area contributed by atoms with E-state index in [1.165, 1.54) is 5.56 Å². The molecule has 14 heavy (non-hydrogen) atoms. The van der Waals surface area contributed by atoms with E-state index in [2.05, 4.69) is 28.8 Å². The van der Waals surface area contributed by atoms with Gasteiger partial charge in [0.15, 0.2) is 0 Å². The van der Waals surface area contributed by atoms with E-state index in [9.17, 15) is 5.11 Å². The Morgan fingerprint density at radius 1 is 1.57 bits per heavy atom. The average Bonchev–Trinajstić information content (AvgIpc) is 2.54. The fourth-order valence-electron chi connectivity index (χ4n) is 2.05. The molecule has 0 bridgehead atoms. The molecular formula is C11H17NOS. The molecule has 78 valence electrons. The Hall–Kier alpha value is -0.380. The van der Waals surface area contributed by atoms with Crippen molar-refractivity contribution in [1.29, 1.82) is 0 Å². The van der Waals surface area contributed by atoms with Crippen LogP contribution < -0.4 is 0 Å². The lowest BCUT2D eigenvalue weighted by atomic mass is 9.82. The van der Waals surface area contributed by atoms with Gasteiger partial charge in [-0.05, 0) is 48.2 Å². The molecule has 1 saturated carbocycles. The average molecular weight is 211 g/mol. The molecule has 2 nitrogen and oxygen atoms in total. The summed E-state index contributed by atoms with van der Waals surface area (Å²) < 4.78 is 0. The van der Waals surface area contributed by atoms with Crippen LogP contribution in [0.3, 0.4) is 0 Å². The molecule has 0 unspecified atom stereocenters. The van der Waals surface area contributed by atoms with Gasteiger partial charge in [0.1, 0.15) is 0 Å². The van der Waals surface area contributed by atoms with E-state index in [0.29, 0.717) is 5.92 Å². The van der Waals surface area contributed by atoms with E-state index in [4.69, 9.17) is 0 Å². The number of hydrogen-bond donors (Lipinski definition) is 1. The van der Waals surface area contributed by atoms with Crippen molar-refractivity contribution >= 4 is 11.3 Å². The highest BCUT2D eigenvalue weighted by molar-refractivity contribution is 7.07. The Bertz CT molecular complexity index is 267. The van der Waals surface area contributed by atoms with Crippen LogP contribution in [0.1, 0.15) is 18.4 Å². The third-order valence-electron chi connectivity index (χ3n) is 2.81. The summed E-state index contributed by atoms with van der Waals surface area (Å²) in [6.45, 7) is 2.16. The highest BCUT2D eigenvalue weighted by Gasteiger charge is 2.27. The standard InChI is InChI=1S/C11H17NOS/c1-12(6-9-2-3-14-8-9)7-10-4-11(13)5-10/h2-3,8,10-11,13H,4-7H2,1H3. The molecule has 0 radical (unpaired) electrons. The molecule has 1 aromatic rings. The van der Waals surface area contributed by atoms with Gasteiger partial charge in [-0.2, -0.15) is 11.3 Å². The van der Waals surface area contributed by atoms with Crippen LogP contribution in [0.4, 0.5) is 0 Å². The van der Waals surface area contributed by atoms with Gasteiger partial charge < -0.3 is 10.0 Å². The molecule has 1 aliphatic carbocycles. The second kappa shape index (κ2) is 4.43. The van der Waals surface area contributed by atoms with E-state index < -0.39 is 0 Å². The van der Waals surface area contributed by atoms with Crippen LogP contribution in [0.5, 0.6) is 0 Å². The van der Waals surface area contributed by atoms with Crippen molar-refractivity contribution in [2.45, 2.75) is 25.5 Å². The van der Waals surface area contributed by atoms with E-state index >= 15 is 0 Å². The molecule has 1 aromatic heterocycles. The van der Waals surface area contributed by atoms with Crippen LogP contribution in [-0.2, 0) is 6.54 Å². The molecule has 0 aliphatic heterocycles. The van der Waals surface area contributed by atoms with Crippen LogP contribution in [0.25, 0.3) is 0 Å². The Balaban J connectivity index is 1.71. The Morgan fingerprint density at radius 3 is 2.93 bits per heavy atom. The predicted molar refractivity (Wildman–Crippen MR) is 59.4 cm³/mol. The molecule has 0 saturated heterocycles. The predicted octanol–water partition coefficient (Wildman–Crippen LogP) is 1.95. The van der Waals surface area contributed by atoms with Gasteiger partial charge in [0.2, 0.25) is 0 Å². The summed E-state index contributed by atoms with van der Waals surface area (Å²) in [4.78, 5) is 2.35. The minimum Gasteiger partial charge on any atom is -0.393 e. The van der Waals surface area contributed by atoms with Gasteiger partial charge in [-0.25, -0.2) is 0 Å². The summed E-state index contributed by atoms with van der Waals surface area (Å²) in [5.74, 6) is 0.716. The first-order chi connectivity index (χ1) is 6.74. The van der Waals surface area contributed by atoms with Gasteiger partial charge in [-0.3, -0.25) is 0 Å². The summed E-state index contributed by atoms with van der Waals surface area (Å²) in [6, 6.07) is 2.18. The smallest absolute Gasteiger partial charge is 0.0546 e. The van der Waals surface area contributed by atoms with Gasteiger partial charge in [0.05, 0.1) is 6.10 Å². The molecule has 1 aliphatic rings. The van der Waals surface area contributed by atoms with Crippen LogP contribution in [0.15, 0.2) is 16.8 Å². The van der Waals surface area contributed by atoms with Gasteiger partial charge in [-0.15, -0.1) is 0 Å². The summed E-state index contributed by atoms with van der Waals surface area (Å²) >= 11 is 1.75. The maximum absolute atomic E-state index is 9.17. The lowest BCUT2D eigenvalue weighted by Gasteiger charge is -2.34. The summed E-state index contributed by atoms with van der Waals surface area (Å²) in [5.41, 5.74) is 1.40. The van der Waals surface area contributed by atoms with Crippen molar-refractivity contribution in [3.8, 4) is 0 Å². The highest BCUT2D eigenvalue weighted by Crippen LogP contribution is 2.27. The lowest BCUT2D eigenvalue weighted by Crippen LogP contribution is -2.36. The molecule has 1 fully saturated rings. The maximum Gasteiger partial charge on any atom is 0.0546 e. The first-order valence-electron chi connectivity index (χ1n) is 5.11. The number of hydrogen-bond acceptors (Lipinski definition) is 3. The zero-order chi connectivity index (χ0) is 9.97. The number of thiophene rings is 1. The molecule has 2 rings (SSSR count). The topological polar surface area (TPSA) is 23.5 Å². The first-order valence-corrected chi connectivity index (χ1v) is 6.06. The van der Waals surface area contributed by atoms with Gasteiger partial charge in [0, 0.05) is 13.1 Å². The fourth-order valence-corrected chi connectivity index (χ4v) is 2.71. The normalized spacial score (nSPS) is 26.5. The van der Waals surface area contributed by atoms with Crippen LogP contribution in [-0.4, -0.2) is 29.7 Å². The second-order valence-corrected chi connectivity index (χ2v) is 5.10. The van der Waals surface area contributed by atoms with Crippen molar-refractivity contribution in [1.82, 2.24) is 4.90 Å². The summed E-state index contributed by atoms with van der Waals surface area (Å²) in [7, 11) is 2.16. The Labute approximate surface area is 89.2 Å². The molecule has 0 atom stereocenters. The largest absolute Gasteiger partial charge is 0.393 e. The zero-order valence-corrected chi connectivity index (χ0v) is 9.33. The SMILES string of the molecule is CN(Cc1ccsc1)CC1CC(O)C1. The van der Waals surface area contributed by atoms with Crippen molar-refractivity contribution in [3.63, 3.8) is 0 Å². The molecule has 1 heterocycles. The van der Waals surface area contributed by atoms with Crippen molar-refractivity contribution in [2.24, 2.45) is 5.92 Å². The minimum absolute atomic E-state index is 0.0189. The van der Waals surface area contributed by atoms with E-state index in [1.807, 2.05) is 0 Å². The van der Waals surface area contributed by atoms with E-state index in [-0.39, 0.29) is 6.10 Å². The molecule has 0 aromatic carbocycles. The molecular weight excluding hydrogens is 194 g/mol. The first kappa shape index (κ1) is 10.1. The van der Waals surface area contributed by atoms with Crippen molar-refractivity contribution in [2.75, 3.05) is 13.6 Å². The monoisotopic (exact) mass is 211 g/mol. The van der Waals surface area contributed by atoms with E-state index in [0.717, 1.165) is 25.9 Å². The van der Waals surface area contributed by atoms with Gasteiger partial charge >= 0.3 is 0 Å². The number of nitrogens with zero attached hydrogens (tertiary/aromatic N) is 1. The number of aliphatic hydroxyl groups excluding tert-OH is 1. The minimum atomic E-state index is -0.0189. The molecule has 0 spiro atoms. The molecule has 1 N–H and O–H groups in total. The zero-order valence-electron chi connectivity index (χ0n) is 8.52. The maximum atomic E-state index is 9.17. The Morgan fingerprint density at radius 2 is 2.36 bits per heavy atom. The fraction of sp³-hybridized carbons (Fsp3) is 0.636. The number of aliphatic hydroxyl groups is 1. The lowest BCUT2D eigenvalue weighted by molar-refractivity contribution is 0.0274. The summed E-state index contributed by atoms with van der Waals surface area (Å²) in [5, 5.41) is 13.5. The van der Waals surface area contributed by atoms with Crippen LogP contribution in [0.2, 0.25) is 0 Å². The van der Waals surface area contributed by atoms with Gasteiger partial charge in [-0.1, -0.05) is 0 Å². The summed E-state index contributed by atoms with van der Waals surface area (Å²) in [6.07, 6.45) is 1.97. The van der Waals surface area contributed by atoms with Crippen LogP contribution in [0, 0.1) is 5.92 Å². The third kappa shape index (κ3) is 2.56. The number of rotatable bonds is 4. The quantitative estimate of drug-likeness (QED) is 0.823. The third-order valence-corrected chi connectivity index (χ3v) is 3.55. The van der Waals surface area contributed by atoms with E-state index in [1.54, 1.807) is 11.3 Å². The Kier molecular flexibility index (Phi) is 3.21. The van der Waals surface area contributed by atoms with Crippen molar-refractivity contribution in [3.05, 3.63) is 22.4 Å². The molecule has 3 heteroatoms. The van der Waals surface area contributed by atoms with Gasteiger partial charge in [0.25, 0.3) is 0 Å². The highest BCUT2D eigenvalue weighted by atomic mass is 32.1. The molecule has 0 amide bonds. The van der Waals surface area contributed by atoms with Crippen LogP contribution >= 0.6 is 11.3 Å². The van der Waals surface area contributed by atoms with Crippen molar-refractivity contribution < 1.29 is 5.11 Å². The second-order valence-electron chi connectivity index (χ2n) is 4.32.